The van der Waals surface area contributed by atoms with Gasteiger partial charge in [-0.2, -0.15) is 0 Å². The first-order valence-electron chi connectivity index (χ1n) is 12.1. The number of carbonyl (C=O) groups is 1. The minimum absolute atomic E-state index is 0.211. The van der Waals surface area contributed by atoms with E-state index in [4.69, 9.17) is 9.15 Å². The minimum Gasteiger partial charge on any atom is -0.496 e. The van der Waals surface area contributed by atoms with Crippen LogP contribution in [0.15, 0.2) is 57.8 Å². The molecule has 4 rings (SSSR count). The summed E-state index contributed by atoms with van der Waals surface area (Å²) in [5.41, 5.74) is 5.10. The largest absolute Gasteiger partial charge is 0.496 e. The van der Waals surface area contributed by atoms with Gasteiger partial charge in [-0.15, -0.1) is 0 Å². The summed E-state index contributed by atoms with van der Waals surface area (Å²) in [4.78, 5) is 28.2. The third-order valence-electron chi connectivity index (χ3n) is 6.30. The summed E-state index contributed by atoms with van der Waals surface area (Å²) in [7, 11) is 1.54. The summed E-state index contributed by atoms with van der Waals surface area (Å²) in [5, 5.41) is 0.808. The molecule has 5 nitrogen and oxygen atoms in total. The Balaban J connectivity index is 0.00000158. The van der Waals surface area contributed by atoms with Crippen LogP contribution in [0.5, 0.6) is 5.75 Å². The summed E-state index contributed by atoms with van der Waals surface area (Å²) < 4.78 is 11.3. The number of anilines is 1. The molecule has 5 heteroatoms. The predicted octanol–water partition coefficient (Wildman–Crippen LogP) is 6.63. The number of ether oxygens (including phenoxy) is 1. The van der Waals surface area contributed by atoms with Gasteiger partial charge in [0.2, 0.25) is 0 Å². The Morgan fingerprint density at radius 1 is 1.21 bits per heavy atom. The van der Waals surface area contributed by atoms with E-state index in [-0.39, 0.29) is 5.91 Å². The Morgan fingerprint density at radius 2 is 1.94 bits per heavy atom. The number of carbonyl (C=O) groups excluding carboxylic acids is 1. The van der Waals surface area contributed by atoms with E-state index in [0.29, 0.717) is 29.9 Å². The van der Waals surface area contributed by atoms with Crippen LogP contribution in [-0.4, -0.2) is 19.6 Å². The first-order chi connectivity index (χ1) is 16.4. The highest BCUT2D eigenvalue weighted by Crippen LogP contribution is 2.36. The van der Waals surface area contributed by atoms with Crippen LogP contribution in [0.1, 0.15) is 67.1 Å². The normalized spacial score (nSPS) is 12.6. The van der Waals surface area contributed by atoms with Gasteiger partial charge in [-0.3, -0.25) is 4.79 Å². The number of benzene rings is 2. The highest BCUT2D eigenvalue weighted by atomic mass is 16.5. The fraction of sp³-hybridized carbons (Fsp3) is 0.379. The van der Waals surface area contributed by atoms with Crippen LogP contribution >= 0.6 is 0 Å². The molecule has 0 spiro atoms. The number of methoxy groups -OCH3 is 1. The number of rotatable bonds is 6. The number of para-hydroxylation sites is 1. The molecule has 180 valence electrons. The van der Waals surface area contributed by atoms with Crippen LogP contribution < -0.4 is 15.3 Å². The minimum atomic E-state index is -0.463. The Kier molecular flexibility index (Phi) is 8.32. The topological polar surface area (TPSA) is 59.8 Å². The average Bonchev–Trinajstić information content (AvgIpc) is 2.87. The molecule has 0 fully saturated rings. The maximum absolute atomic E-state index is 13.9. The van der Waals surface area contributed by atoms with Crippen molar-refractivity contribution in [3.8, 4) is 5.75 Å². The number of amides is 1. The molecule has 0 bridgehead atoms. The van der Waals surface area contributed by atoms with Crippen molar-refractivity contribution in [1.82, 2.24) is 0 Å². The lowest BCUT2D eigenvalue weighted by molar-refractivity contribution is 0.0982. The van der Waals surface area contributed by atoms with Gasteiger partial charge < -0.3 is 14.1 Å². The fourth-order valence-corrected chi connectivity index (χ4v) is 4.53. The van der Waals surface area contributed by atoms with Gasteiger partial charge in [-0.05, 0) is 67.9 Å². The van der Waals surface area contributed by atoms with E-state index in [1.807, 2.05) is 45.0 Å². The van der Waals surface area contributed by atoms with E-state index in [2.05, 4.69) is 19.6 Å². The lowest BCUT2D eigenvalue weighted by Gasteiger charge is -2.30. The third kappa shape index (κ3) is 4.93. The van der Waals surface area contributed by atoms with Gasteiger partial charge in [0.25, 0.3) is 5.91 Å². The molecule has 0 unspecified atom stereocenters. The first kappa shape index (κ1) is 25.3. The highest BCUT2D eigenvalue weighted by molar-refractivity contribution is 6.15. The summed E-state index contributed by atoms with van der Waals surface area (Å²) in [6, 6.07) is 11.3. The maximum atomic E-state index is 13.9. The van der Waals surface area contributed by atoms with Crippen LogP contribution in [0, 0.1) is 6.92 Å². The van der Waals surface area contributed by atoms with Crippen molar-refractivity contribution in [3.63, 3.8) is 0 Å². The molecule has 1 aliphatic heterocycles. The van der Waals surface area contributed by atoms with Crippen molar-refractivity contribution in [2.24, 2.45) is 0 Å². The summed E-state index contributed by atoms with van der Waals surface area (Å²) in [6.07, 6.45) is 4.16. The van der Waals surface area contributed by atoms with Crippen molar-refractivity contribution < 1.29 is 13.9 Å². The van der Waals surface area contributed by atoms with E-state index in [1.54, 1.807) is 4.90 Å². The van der Waals surface area contributed by atoms with Gasteiger partial charge in [0, 0.05) is 23.7 Å². The van der Waals surface area contributed by atoms with Crippen molar-refractivity contribution in [3.05, 3.63) is 81.2 Å². The molecule has 1 aliphatic rings. The number of hydrogen-bond donors (Lipinski definition) is 0. The molecule has 3 aromatic rings. The van der Waals surface area contributed by atoms with Crippen molar-refractivity contribution >= 4 is 22.6 Å². The Hall–Kier alpha value is -3.34. The molecule has 2 aromatic carbocycles. The number of hydrogen-bond acceptors (Lipinski definition) is 4. The van der Waals surface area contributed by atoms with E-state index in [0.717, 1.165) is 59.0 Å². The number of aryl methyl sites for hydroxylation is 3. The Labute approximate surface area is 202 Å². The van der Waals surface area contributed by atoms with E-state index < -0.39 is 5.63 Å². The van der Waals surface area contributed by atoms with Gasteiger partial charge in [-0.25, -0.2) is 4.79 Å². The van der Waals surface area contributed by atoms with Gasteiger partial charge in [0.1, 0.15) is 11.3 Å². The van der Waals surface area contributed by atoms with Crippen LogP contribution in [0.25, 0.3) is 11.0 Å². The monoisotopic (exact) mass is 461 g/mol. The van der Waals surface area contributed by atoms with Gasteiger partial charge in [0.15, 0.2) is 5.58 Å². The van der Waals surface area contributed by atoms with Gasteiger partial charge in [-0.1, -0.05) is 51.1 Å². The number of allylic oxidation sites excluding steroid dienone is 1. The molecule has 34 heavy (non-hydrogen) atoms. The van der Waals surface area contributed by atoms with E-state index in [9.17, 15) is 9.59 Å². The molecular formula is C29H35NO4. The zero-order chi connectivity index (χ0) is 24.8. The van der Waals surface area contributed by atoms with E-state index >= 15 is 0 Å². The van der Waals surface area contributed by atoms with Crippen molar-refractivity contribution in [1.29, 1.82) is 0 Å². The van der Waals surface area contributed by atoms with Crippen LogP contribution in [-0.2, 0) is 12.8 Å². The van der Waals surface area contributed by atoms with Gasteiger partial charge in [0.05, 0.1) is 7.11 Å². The molecule has 2 heterocycles. The highest BCUT2D eigenvalue weighted by Gasteiger charge is 2.29. The third-order valence-corrected chi connectivity index (χ3v) is 6.30. The lowest BCUT2D eigenvalue weighted by atomic mass is 9.95. The van der Waals surface area contributed by atoms with Crippen LogP contribution in [0.2, 0.25) is 0 Å². The van der Waals surface area contributed by atoms with Crippen molar-refractivity contribution in [2.45, 2.75) is 59.8 Å². The zero-order valence-corrected chi connectivity index (χ0v) is 21.0. The quantitative estimate of drug-likeness (QED) is 0.305. The smallest absolute Gasteiger partial charge is 0.336 e. The van der Waals surface area contributed by atoms with E-state index in [1.165, 1.54) is 13.2 Å². The number of fused-ring (bicyclic) bond motifs is 2. The molecule has 0 N–H and O–H groups in total. The van der Waals surface area contributed by atoms with Crippen LogP contribution in [0.3, 0.4) is 0 Å². The fourth-order valence-electron chi connectivity index (χ4n) is 4.53. The second-order valence-electron chi connectivity index (χ2n) is 8.36. The number of nitrogens with zero attached hydrogens (tertiary/aromatic N) is 1. The molecule has 1 amide bonds. The SMILES string of the molecule is C=C(CC)CCc1cc(=O)oc2c(C(=O)N3CCCc4ccccc43)c(OC)cc(C)c12.CC. The lowest BCUT2D eigenvalue weighted by Crippen LogP contribution is -2.36. The zero-order valence-electron chi connectivity index (χ0n) is 21.0. The Bertz CT molecular complexity index is 1250. The average molecular weight is 462 g/mol. The summed E-state index contributed by atoms with van der Waals surface area (Å²) in [6.45, 7) is 12.7. The van der Waals surface area contributed by atoms with Gasteiger partial charge >= 0.3 is 5.63 Å². The molecular weight excluding hydrogens is 426 g/mol. The molecule has 0 saturated carbocycles. The summed E-state index contributed by atoms with van der Waals surface area (Å²) >= 11 is 0. The molecule has 0 aliphatic carbocycles. The first-order valence-corrected chi connectivity index (χ1v) is 12.1. The van der Waals surface area contributed by atoms with Crippen molar-refractivity contribution in [2.75, 3.05) is 18.6 Å². The predicted molar refractivity (Wildman–Crippen MR) is 139 cm³/mol. The second kappa shape index (κ2) is 11.2. The maximum Gasteiger partial charge on any atom is 0.336 e. The van der Waals surface area contributed by atoms with Crippen LogP contribution in [0.4, 0.5) is 5.69 Å². The standard InChI is InChI=1S/C27H29NO4.C2H6/c1-5-17(2)12-13-20-16-23(29)32-26-24(20)18(3)15-22(31-4)25(26)27(30)28-14-8-10-19-9-6-7-11-21(19)28;1-2/h6-7,9,11,15-16H,2,5,8,10,12-14H2,1,3-4H3;1-2H3. The summed E-state index contributed by atoms with van der Waals surface area (Å²) in [5.74, 6) is 0.207. The Morgan fingerprint density at radius 3 is 2.65 bits per heavy atom. The second-order valence-corrected chi connectivity index (χ2v) is 8.36. The molecule has 0 saturated heterocycles. The molecule has 0 atom stereocenters. The molecule has 1 aromatic heterocycles. The molecule has 0 radical (unpaired) electrons.